The van der Waals surface area contributed by atoms with Crippen molar-refractivity contribution in [2.24, 2.45) is 0 Å². The lowest BCUT2D eigenvalue weighted by molar-refractivity contribution is -0.385. The van der Waals surface area contributed by atoms with Gasteiger partial charge in [-0.15, -0.1) is 0 Å². The molecule has 2 rings (SSSR count). The summed E-state index contributed by atoms with van der Waals surface area (Å²) in [6, 6.07) is 9.47. The fourth-order valence-electron chi connectivity index (χ4n) is 1.80. The Labute approximate surface area is 134 Å². The smallest absolute Gasteiger partial charge is 0.283 e. The van der Waals surface area contributed by atoms with Gasteiger partial charge in [-0.1, -0.05) is 23.7 Å². The van der Waals surface area contributed by atoms with E-state index in [1.807, 2.05) is 19.1 Å². The number of benzene rings is 2. The van der Waals surface area contributed by atoms with Crippen molar-refractivity contribution in [3.8, 4) is 0 Å². The van der Waals surface area contributed by atoms with Crippen LogP contribution in [-0.2, 0) is 0 Å². The molecule has 108 valence electrons. The summed E-state index contributed by atoms with van der Waals surface area (Å²) in [5.74, 6) is -0.628. The SMILES string of the molecule is Cc1ccc(NC(=O)c2c(Cl)cccc2[N+](=O)[O-])c(Br)c1. The van der Waals surface area contributed by atoms with Crippen molar-refractivity contribution < 1.29 is 9.72 Å². The molecule has 0 saturated carbocycles. The zero-order valence-electron chi connectivity index (χ0n) is 10.9. The second-order valence-corrected chi connectivity index (χ2v) is 5.59. The van der Waals surface area contributed by atoms with E-state index in [-0.39, 0.29) is 16.3 Å². The topological polar surface area (TPSA) is 72.2 Å². The molecule has 7 heteroatoms. The molecular weight excluding hydrogens is 360 g/mol. The first kappa shape index (κ1) is 15.5. The number of halogens is 2. The highest BCUT2D eigenvalue weighted by Crippen LogP contribution is 2.29. The monoisotopic (exact) mass is 368 g/mol. The molecule has 0 aliphatic rings. The number of nitro groups is 1. The van der Waals surface area contributed by atoms with E-state index in [1.165, 1.54) is 18.2 Å². The van der Waals surface area contributed by atoms with E-state index in [0.29, 0.717) is 10.2 Å². The molecule has 1 amide bonds. The van der Waals surface area contributed by atoms with Crippen LogP contribution >= 0.6 is 27.5 Å². The summed E-state index contributed by atoms with van der Waals surface area (Å²) in [4.78, 5) is 22.6. The lowest BCUT2D eigenvalue weighted by Crippen LogP contribution is -2.15. The summed E-state index contributed by atoms with van der Waals surface area (Å²) >= 11 is 9.26. The van der Waals surface area contributed by atoms with E-state index in [2.05, 4.69) is 21.2 Å². The van der Waals surface area contributed by atoms with E-state index >= 15 is 0 Å². The molecule has 0 aromatic heterocycles. The molecule has 0 saturated heterocycles. The lowest BCUT2D eigenvalue weighted by Gasteiger charge is -2.09. The quantitative estimate of drug-likeness (QED) is 0.636. The van der Waals surface area contributed by atoms with Gasteiger partial charge >= 0.3 is 0 Å². The second kappa shape index (κ2) is 6.24. The maximum atomic E-state index is 12.3. The Morgan fingerprint density at radius 3 is 2.67 bits per heavy atom. The number of amides is 1. The van der Waals surface area contributed by atoms with Crippen LogP contribution in [-0.4, -0.2) is 10.8 Å². The van der Waals surface area contributed by atoms with E-state index in [4.69, 9.17) is 11.6 Å². The molecule has 21 heavy (non-hydrogen) atoms. The van der Waals surface area contributed by atoms with Crippen molar-refractivity contribution in [1.82, 2.24) is 0 Å². The van der Waals surface area contributed by atoms with Gasteiger partial charge in [0.2, 0.25) is 0 Å². The Morgan fingerprint density at radius 1 is 1.33 bits per heavy atom. The minimum absolute atomic E-state index is 0.0323. The zero-order valence-corrected chi connectivity index (χ0v) is 13.2. The first-order chi connectivity index (χ1) is 9.90. The molecule has 0 heterocycles. The number of aryl methyl sites for hydroxylation is 1. The van der Waals surface area contributed by atoms with Crippen molar-refractivity contribution in [3.63, 3.8) is 0 Å². The summed E-state index contributed by atoms with van der Waals surface area (Å²) in [5, 5.41) is 13.6. The molecule has 0 unspecified atom stereocenters. The van der Waals surface area contributed by atoms with Gasteiger partial charge in [0.15, 0.2) is 0 Å². The Kier molecular flexibility index (Phi) is 4.59. The van der Waals surface area contributed by atoms with Gasteiger partial charge in [-0.2, -0.15) is 0 Å². The van der Waals surface area contributed by atoms with Crippen LogP contribution in [0.15, 0.2) is 40.9 Å². The first-order valence-electron chi connectivity index (χ1n) is 5.90. The van der Waals surface area contributed by atoms with Gasteiger partial charge in [-0.05, 0) is 46.6 Å². The number of hydrogen-bond acceptors (Lipinski definition) is 3. The first-order valence-corrected chi connectivity index (χ1v) is 7.07. The average molecular weight is 370 g/mol. The Bertz CT molecular complexity index is 734. The zero-order chi connectivity index (χ0) is 15.6. The second-order valence-electron chi connectivity index (χ2n) is 4.33. The Hall–Kier alpha value is -1.92. The summed E-state index contributed by atoms with van der Waals surface area (Å²) in [6.07, 6.45) is 0. The number of nitro benzene ring substituents is 1. The van der Waals surface area contributed by atoms with Crippen LogP contribution in [0.25, 0.3) is 0 Å². The van der Waals surface area contributed by atoms with Gasteiger partial charge in [0.1, 0.15) is 5.56 Å². The van der Waals surface area contributed by atoms with Gasteiger partial charge in [-0.3, -0.25) is 14.9 Å². The lowest BCUT2D eigenvalue weighted by atomic mass is 10.1. The highest BCUT2D eigenvalue weighted by molar-refractivity contribution is 9.10. The number of anilines is 1. The molecule has 0 fully saturated rings. The van der Waals surface area contributed by atoms with Crippen molar-refractivity contribution in [1.29, 1.82) is 0 Å². The Balaban J connectivity index is 2.39. The van der Waals surface area contributed by atoms with Crippen LogP contribution in [0.2, 0.25) is 5.02 Å². The minimum Gasteiger partial charge on any atom is -0.321 e. The number of rotatable bonds is 3. The molecule has 2 aromatic rings. The largest absolute Gasteiger partial charge is 0.321 e. The standard InChI is InChI=1S/C14H10BrClN2O3/c1-8-5-6-11(9(15)7-8)17-14(19)13-10(16)3-2-4-12(13)18(20)21/h2-7H,1H3,(H,17,19). The van der Waals surface area contributed by atoms with Gasteiger partial charge in [0.05, 0.1) is 15.6 Å². The summed E-state index contributed by atoms with van der Waals surface area (Å²) < 4.78 is 0.686. The van der Waals surface area contributed by atoms with Crippen molar-refractivity contribution in [3.05, 3.63) is 67.1 Å². The minimum atomic E-state index is -0.634. The normalized spacial score (nSPS) is 10.2. The number of carbonyl (C=O) groups excluding carboxylic acids is 1. The Morgan fingerprint density at radius 2 is 2.05 bits per heavy atom. The van der Waals surface area contributed by atoms with Gasteiger partial charge < -0.3 is 5.32 Å². The summed E-state index contributed by atoms with van der Waals surface area (Å²) in [5.41, 5.74) is 1.04. The summed E-state index contributed by atoms with van der Waals surface area (Å²) in [7, 11) is 0. The van der Waals surface area contributed by atoms with Crippen LogP contribution in [0.1, 0.15) is 15.9 Å². The predicted octanol–water partition coefficient (Wildman–Crippen LogP) is 4.57. The van der Waals surface area contributed by atoms with Gasteiger partial charge in [-0.25, -0.2) is 0 Å². The van der Waals surface area contributed by atoms with E-state index < -0.39 is 10.8 Å². The van der Waals surface area contributed by atoms with Crippen molar-refractivity contribution in [2.45, 2.75) is 6.92 Å². The predicted molar refractivity (Wildman–Crippen MR) is 84.9 cm³/mol. The van der Waals surface area contributed by atoms with Gasteiger partial charge in [0.25, 0.3) is 11.6 Å². The highest BCUT2D eigenvalue weighted by atomic mass is 79.9. The van der Waals surface area contributed by atoms with Crippen LogP contribution in [0.3, 0.4) is 0 Å². The molecule has 0 spiro atoms. The molecule has 5 nitrogen and oxygen atoms in total. The van der Waals surface area contributed by atoms with Crippen molar-refractivity contribution >= 4 is 44.8 Å². The van der Waals surface area contributed by atoms with Crippen LogP contribution < -0.4 is 5.32 Å². The third kappa shape index (κ3) is 3.40. The van der Waals surface area contributed by atoms with Crippen molar-refractivity contribution in [2.75, 3.05) is 5.32 Å². The third-order valence-electron chi connectivity index (χ3n) is 2.79. The highest BCUT2D eigenvalue weighted by Gasteiger charge is 2.23. The fourth-order valence-corrected chi connectivity index (χ4v) is 2.64. The fraction of sp³-hybridized carbons (Fsp3) is 0.0714. The molecule has 2 aromatic carbocycles. The van der Waals surface area contributed by atoms with Gasteiger partial charge in [0, 0.05) is 10.5 Å². The number of hydrogen-bond donors (Lipinski definition) is 1. The summed E-state index contributed by atoms with van der Waals surface area (Å²) in [6.45, 7) is 1.91. The maximum absolute atomic E-state index is 12.3. The molecule has 0 atom stereocenters. The molecule has 0 aliphatic heterocycles. The maximum Gasteiger partial charge on any atom is 0.283 e. The molecule has 0 radical (unpaired) electrons. The number of nitrogens with zero attached hydrogens (tertiary/aromatic N) is 1. The molecular formula is C14H10BrClN2O3. The molecule has 1 N–H and O–H groups in total. The van der Waals surface area contributed by atoms with E-state index in [0.717, 1.165) is 5.56 Å². The third-order valence-corrected chi connectivity index (χ3v) is 3.76. The number of carbonyl (C=O) groups is 1. The van der Waals surface area contributed by atoms with E-state index in [9.17, 15) is 14.9 Å². The average Bonchev–Trinajstić information content (AvgIpc) is 2.41. The molecule has 0 aliphatic carbocycles. The van der Waals surface area contributed by atoms with Crippen LogP contribution in [0, 0.1) is 17.0 Å². The number of nitrogens with one attached hydrogen (secondary N) is 1. The van der Waals surface area contributed by atoms with Crippen LogP contribution in [0.4, 0.5) is 11.4 Å². The van der Waals surface area contributed by atoms with E-state index in [1.54, 1.807) is 6.07 Å². The van der Waals surface area contributed by atoms with Crippen LogP contribution in [0.5, 0.6) is 0 Å². The molecule has 0 bridgehead atoms.